The molecule has 1 unspecified atom stereocenters. The highest BCUT2D eigenvalue weighted by molar-refractivity contribution is 5.24. The molecule has 5 nitrogen and oxygen atoms in total. The Morgan fingerprint density at radius 2 is 2.28 bits per heavy atom. The number of aromatic nitrogens is 2. The van der Waals surface area contributed by atoms with E-state index in [1.54, 1.807) is 7.11 Å². The topological polar surface area (TPSA) is 74.2 Å². The van der Waals surface area contributed by atoms with Crippen molar-refractivity contribution in [2.75, 3.05) is 13.7 Å². The first-order chi connectivity index (χ1) is 8.69. The SMILES string of the molecule is COCC(N)c1nc(Cc2cccc(C)c2)no1. The van der Waals surface area contributed by atoms with Crippen LogP contribution in [0.1, 0.15) is 28.9 Å². The molecule has 5 heteroatoms. The quantitative estimate of drug-likeness (QED) is 0.869. The number of hydrogen-bond donors (Lipinski definition) is 1. The number of aryl methyl sites for hydroxylation is 1. The minimum Gasteiger partial charge on any atom is -0.383 e. The minimum absolute atomic E-state index is 0.367. The van der Waals surface area contributed by atoms with Gasteiger partial charge in [0.25, 0.3) is 0 Å². The van der Waals surface area contributed by atoms with Crippen LogP contribution < -0.4 is 5.73 Å². The number of nitrogens with two attached hydrogens (primary N) is 1. The average molecular weight is 247 g/mol. The maximum Gasteiger partial charge on any atom is 0.245 e. The van der Waals surface area contributed by atoms with Gasteiger partial charge >= 0.3 is 0 Å². The van der Waals surface area contributed by atoms with E-state index in [-0.39, 0.29) is 6.04 Å². The van der Waals surface area contributed by atoms with Gasteiger partial charge in [-0.2, -0.15) is 4.98 Å². The van der Waals surface area contributed by atoms with Gasteiger partial charge in [-0.05, 0) is 12.5 Å². The first-order valence-electron chi connectivity index (χ1n) is 5.81. The third-order valence-electron chi connectivity index (χ3n) is 2.59. The van der Waals surface area contributed by atoms with Crippen LogP contribution in [-0.4, -0.2) is 23.9 Å². The summed E-state index contributed by atoms with van der Waals surface area (Å²) < 4.78 is 10.1. The maximum absolute atomic E-state index is 5.82. The highest BCUT2D eigenvalue weighted by Gasteiger charge is 2.14. The molecule has 0 amide bonds. The van der Waals surface area contributed by atoms with Gasteiger partial charge in [0.1, 0.15) is 6.04 Å². The van der Waals surface area contributed by atoms with E-state index in [4.69, 9.17) is 15.0 Å². The van der Waals surface area contributed by atoms with Crippen LogP contribution in [0.5, 0.6) is 0 Å². The molecule has 0 aliphatic rings. The molecule has 2 N–H and O–H groups in total. The van der Waals surface area contributed by atoms with Crippen molar-refractivity contribution in [1.82, 2.24) is 10.1 Å². The van der Waals surface area contributed by atoms with E-state index in [1.165, 1.54) is 5.56 Å². The number of benzene rings is 1. The van der Waals surface area contributed by atoms with Crippen LogP contribution >= 0.6 is 0 Å². The normalized spacial score (nSPS) is 12.6. The molecule has 96 valence electrons. The van der Waals surface area contributed by atoms with Gasteiger partial charge in [0.15, 0.2) is 5.82 Å². The molecule has 0 spiro atoms. The summed E-state index contributed by atoms with van der Waals surface area (Å²) in [5.41, 5.74) is 8.19. The minimum atomic E-state index is -0.367. The highest BCUT2D eigenvalue weighted by atomic mass is 16.5. The number of methoxy groups -OCH3 is 1. The molecule has 0 aliphatic heterocycles. The zero-order valence-corrected chi connectivity index (χ0v) is 10.6. The Balaban J connectivity index is 2.06. The molecule has 0 radical (unpaired) electrons. The summed E-state index contributed by atoms with van der Waals surface area (Å²) in [5.74, 6) is 1.06. The fourth-order valence-corrected chi connectivity index (χ4v) is 1.75. The van der Waals surface area contributed by atoms with Crippen LogP contribution in [0.3, 0.4) is 0 Å². The van der Waals surface area contributed by atoms with Gasteiger partial charge in [0.05, 0.1) is 6.61 Å². The predicted octanol–water partition coefficient (Wildman–Crippen LogP) is 1.62. The molecule has 1 atom stereocenters. The Bertz CT molecular complexity index is 510. The molecule has 0 bridgehead atoms. The maximum atomic E-state index is 5.82. The lowest BCUT2D eigenvalue weighted by molar-refractivity contribution is 0.166. The molecular weight excluding hydrogens is 230 g/mol. The fourth-order valence-electron chi connectivity index (χ4n) is 1.75. The standard InChI is InChI=1S/C13H17N3O2/c1-9-4-3-5-10(6-9)7-12-15-13(18-16-12)11(14)8-17-2/h3-6,11H,7-8,14H2,1-2H3. The smallest absolute Gasteiger partial charge is 0.245 e. The van der Waals surface area contributed by atoms with Crippen molar-refractivity contribution in [2.24, 2.45) is 5.73 Å². The summed E-state index contributed by atoms with van der Waals surface area (Å²) in [4.78, 5) is 4.27. The Morgan fingerprint density at radius 1 is 1.44 bits per heavy atom. The zero-order chi connectivity index (χ0) is 13.0. The first kappa shape index (κ1) is 12.7. The van der Waals surface area contributed by atoms with E-state index in [0.717, 1.165) is 5.56 Å². The van der Waals surface area contributed by atoms with Crippen LogP contribution in [0, 0.1) is 6.92 Å². The van der Waals surface area contributed by atoms with Crippen molar-refractivity contribution in [1.29, 1.82) is 0 Å². The lowest BCUT2D eigenvalue weighted by Gasteiger charge is -2.02. The third-order valence-corrected chi connectivity index (χ3v) is 2.59. The molecule has 2 rings (SSSR count). The van der Waals surface area contributed by atoms with Gasteiger partial charge < -0.3 is 15.0 Å². The van der Waals surface area contributed by atoms with Gasteiger partial charge in [-0.3, -0.25) is 0 Å². The highest BCUT2D eigenvalue weighted by Crippen LogP contribution is 2.12. The molecule has 1 heterocycles. The Labute approximate surface area is 106 Å². The second-order valence-corrected chi connectivity index (χ2v) is 4.28. The second-order valence-electron chi connectivity index (χ2n) is 4.28. The Morgan fingerprint density at radius 3 is 3.00 bits per heavy atom. The van der Waals surface area contributed by atoms with E-state index in [2.05, 4.69) is 29.2 Å². The molecule has 2 aromatic rings. The van der Waals surface area contributed by atoms with Crippen LogP contribution in [0.2, 0.25) is 0 Å². The van der Waals surface area contributed by atoms with Gasteiger partial charge in [0.2, 0.25) is 5.89 Å². The Kier molecular flexibility index (Phi) is 4.07. The van der Waals surface area contributed by atoms with E-state index in [9.17, 15) is 0 Å². The van der Waals surface area contributed by atoms with Crippen molar-refractivity contribution in [2.45, 2.75) is 19.4 Å². The molecule has 0 fully saturated rings. The summed E-state index contributed by atoms with van der Waals surface area (Å²) in [6.07, 6.45) is 0.644. The molecule has 0 saturated carbocycles. The fraction of sp³-hybridized carbons (Fsp3) is 0.385. The molecular formula is C13H17N3O2. The molecule has 1 aromatic carbocycles. The van der Waals surface area contributed by atoms with Crippen LogP contribution in [0.4, 0.5) is 0 Å². The summed E-state index contributed by atoms with van der Waals surface area (Å²) in [5, 5.41) is 3.92. The number of rotatable bonds is 5. The van der Waals surface area contributed by atoms with Crippen molar-refractivity contribution in [3.05, 3.63) is 47.1 Å². The van der Waals surface area contributed by atoms with Crippen LogP contribution in [0.15, 0.2) is 28.8 Å². The van der Waals surface area contributed by atoms with E-state index >= 15 is 0 Å². The summed E-state index contributed by atoms with van der Waals surface area (Å²) in [6, 6.07) is 7.85. The zero-order valence-electron chi connectivity index (χ0n) is 10.6. The number of ether oxygens (including phenoxy) is 1. The lowest BCUT2D eigenvalue weighted by Crippen LogP contribution is -2.16. The van der Waals surface area contributed by atoms with Crippen molar-refractivity contribution < 1.29 is 9.26 Å². The first-order valence-corrected chi connectivity index (χ1v) is 5.81. The van der Waals surface area contributed by atoms with E-state index in [0.29, 0.717) is 24.7 Å². The van der Waals surface area contributed by atoms with Crippen molar-refractivity contribution in [3.63, 3.8) is 0 Å². The average Bonchev–Trinajstić information content (AvgIpc) is 2.78. The van der Waals surface area contributed by atoms with Crippen molar-refractivity contribution in [3.8, 4) is 0 Å². The van der Waals surface area contributed by atoms with Crippen LogP contribution in [0.25, 0.3) is 0 Å². The van der Waals surface area contributed by atoms with Gasteiger partial charge in [-0.25, -0.2) is 0 Å². The Hall–Kier alpha value is -1.72. The third kappa shape index (κ3) is 3.15. The molecule has 0 aliphatic carbocycles. The van der Waals surface area contributed by atoms with Crippen LogP contribution in [-0.2, 0) is 11.2 Å². The summed E-state index contributed by atoms with van der Waals surface area (Å²) in [6.45, 7) is 2.42. The largest absolute Gasteiger partial charge is 0.383 e. The summed E-state index contributed by atoms with van der Waals surface area (Å²) >= 11 is 0. The van der Waals surface area contributed by atoms with Crippen molar-refractivity contribution >= 4 is 0 Å². The molecule has 18 heavy (non-hydrogen) atoms. The van der Waals surface area contributed by atoms with Gasteiger partial charge in [-0.1, -0.05) is 35.0 Å². The molecule has 1 aromatic heterocycles. The number of hydrogen-bond acceptors (Lipinski definition) is 5. The van der Waals surface area contributed by atoms with E-state index in [1.807, 2.05) is 12.1 Å². The molecule has 0 saturated heterocycles. The second kappa shape index (κ2) is 5.75. The van der Waals surface area contributed by atoms with E-state index < -0.39 is 0 Å². The van der Waals surface area contributed by atoms with Gasteiger partial charge in [-0.15, -0.1) is 0 Å². The van der Waals surface area contributed by atoms with Gasteiger partial charge in [0, 0.05) is 13.5 Å². The lowest BCUT2D eigenvalue weighted by atomic mass is 10.1. The predicted molar refractivity (Wildman–Crippen MR) is 67.1 cm³/mol. The number of nitrogens with zero attached hydrogens (tertiary/aromatic N) is 2. The summed E-state index contributed by atoms with van der Waals surface area (Å²) in [7, 11) is 1.59. The monoisotopic (exact) mass is 247 g/mol.